The fourth-order valence-electron chi connectivity index (χ4n) is 1.88. The quantitative estimate of drug-likeness (QED) is 0.580. The van der Waals surface area contributed by atoms with Gasteiger partial charge >= 0.3 is 13.7 Å². The highest BCUT2D eigenvalue weighted by Crippen LogP contribution is 2.43. The molecule has 0 aromatic heterocycles. The van der Waals surface area contributed by atoms with Gasteiger partial charge in [-0.25, -0.2) is 4.57 Å². The van der Waals surface area contributed by atoms with Gasteiger partial charge in [-0.3, -0.25) is 9.32 Å². The van der Waals surface area contributed by atoms with Gasteiger partial charge in [0.15, 0.2) is 0 Å². The molecule has 0 bridgehead atoms. The molecule has 0 saturated carbocycles. The minimum Gasteiger partial charge on any atom is -0.460 e. The van der Waals surface area contributed by atoms with Crippen LogP contribution in [0.5, 0.6) is 5.75 Å². The zero-order valence-corrected chi connectivity index (χ0v) is 14.4. The molecular formula is C17H20NO5P. The highest BCUT2D eigenvalue weighted by atomic mass is 31.2. The van der Waals surface area contributed by atoms with Crippen LogP contribution in [0.1, 0.15) is 12.5 Å². The van der Waals surface area contributed by atoms with Crippen LogP contribution < -0.4 is 9.61 Å². The summed E-state index contributed by atoms with van der Waals surface area (Å²) in [6, 6.07) is 17.0. The Morgan fingerprint density at radius 3 is 2.25 bits per heavy atom. The fraction of sp³-hybridized carbons (Fsp3) is 0.235. The van der Waals surface area contributed by atoms with Crippen molar-refractivity contribution in [2.75, 3.05) is 7.11 Å². The largest absolute Gasteiger partial charge is 0.460 e. The highest BCUT2D eigenvalue weighted by molar-refractivity contribution is 7.52. The minimum absolute atomic E-state index is 0.141. The Bertz CT molecular complexity index is 693. The van der Waals surface area contributed by atoms with E-state index in [0.29, 0.717) is 5.75 Å². The maximum absolute atomic E-state index is 12.6. The molecule has 0 spiro atoms. The van der Waals surface area contributed by atoms with Gasteiger partial charge in [-0.1, -0.05) is 48.5 Å². The second kappa shape index (κ2) is 8.64. The maximum atomic E-state index is 12.6. The van der Waals surface area contributed by atoms with Crippen molar-refractivity contribution >= 4 is 13.7 Å². The third kappa shape index (κ3) is 5.49. The fourth-order valence-corrected chi connectivity index (χ4v) is 3.09. The summed E-state index contributed by atoms with van der Waals surface area (Å²) in [5.74, 6) is -0.173. The number of carbonyl (C=O) groups excluding carboxylic acids is 1. The number of hydrogen-bond donors (Lipinski definition) is 1. The average Bonchev–Trinajstić information content (AvgIpc) is 2.61. The molecule has 128 valence electrons. The molecule has 2 aromatic rings. The van der Waals surface area contributed by atoms with Crippen molar-refractivity contribution in [1.82, 2.24) is 5.09 Å². The van der Waals surface area contributed by atoms with Crippen LogP contribution in [0.2, 0.25) is 0 Å². The topological polar surface area (TPSA) is 73.9 Å². The molecular weight excluding hydrogens is 329 g/mol. The summed E-state index contributed by atoms with van der Waals surface area (Å²) >= 11 is 0. The monoisotopic (exact) mass is 349 g/mol. The molecule has 0 heterocycles. The Labute approximate surface area is 141 Å². The zero-order chi connectivity index (χ0) is 17.4. The van der Waals surface area contributed by atoms with Crippen molar-refractivity contribution in [1.29, 1.82) is 0 Å². The summed E-state index contributed by atoms with van der Waals surface area (Å²) in [4.78, 5) is 12.0. The minimum atomic E-state index is -3.68. The van der Waals surface area contributed by atoms with Crippen molar-refractivity contribution < 1.29 is 23.1 Å². The number of hydrogen-bond acceptors (Lipinski definition) is 5. The predicted molar refractivity (Wildman–Crippen MR) is 90.5 cm³/mol. The average molecular weight is 349 g/mol. The van der Waals surface area contributed by atoms with E-state index >= 15 is 0 Å². The van der Waals surface area contributed by atoms with E-state index in [1.165, 1.54) is 14.0 Å². The zero-order valence-electron chi connectivity index (χ0n) is 13.5. The van der Waals surface area contributed by atoms with Crippen LogP contribution in [0.15, 0.2) is 60.7 Å². The first-order chi connectivity index (χ1) is 11.5. The van der Waals surface area contributed by atoms with Crippen molar-refractivity contribution in [2.45, 2.75) is 19.6 Å². The number of para-hydroxylation sites is 1. The Balaban J connectivity index is 1.91. The van der Waals surface area contributed by atoms with Gasteiger partial charge in [0.25, 0.3) is 0 Å². The second-order valence-corrected chi connectivity index (χ2v) is 6.83. The van der Waals surface area contributed by atoms with Gasteiger partial charge in [0.1, 0.15) is 18.4 Å². The van der Waals surface area contributed by atoms with Crippen LogP contribution in [0.4, 0.5) is 0 Å². The van der Waals surface area contributed by atoms with E-state index in [9.17, 15) is 9.36 Å². The lowest BCUT2D eigenvalue weighted by Gasteiger charge is -2.21. The lowest BCUT2D eigenvalue weighted by atomic mass is 10.2. The molecule has 1 unspecified atom stereocenters. The number of carbonyl (C=O) groups is 1. The molecule has 0 saturated heterocycles. The van der Waals surface area contributed by atoms with E-state index in [-0.39, 0.29) is 6.61 Å². The third-order valence-corrected chi connectivity index (χ3v) is 4.77. The molecule has 2 rings (SSSR count). The van der Waals surface area contributed by atoms with Crippen LogP contribution in [0.3, 0.4) is 0 Å². The molecule has 1 N–H and O–H groups in total. The van der Waals surface area contributed by atoms with Crippen LogP contribution in [0.25, 0.3) is 0 Å². The van der Waals surface area contributed by atoms with Gasteiger partial charge in [0.2, 0.25) is 0 Å². The summed E-state index contributed by atoms with van der Waals surface area (Å²) in [5.41, 5.74) is 0.869. The van der Waals surface area contributed by atoms with Gasteiger partial charge in [-0.2, -0.15) is 5.09 Å². The van der Waals surface area contributed by atoms with Crippen molar-refractivity contribution in [3.63, 3.8) is 0 Å². The van der Waals surface area contributed by atoms with Crippen molar-refractivity contribution in [2.24, 2.45) is 0 Å². The van der Waals surface area contributed by atoms with Gasteiger partial charge < -0.3 is 9.26 Å². The Morgan fingerprint density at radius 2 is 1.67 bits per heavy atom. The number of esters is 1. The first-order valence-electron chi connectivity index (χ1n) is 7.41. The molecule has 2 aromatic carbocycles. The summed E-state index contributed by atoms with van der Waals surface area (Å²) in [6.07, 6.45) is 0. The number of ether oxygens (including phenoxy) is 1. The first kappa shape index (κ1) is 18.2. The van der Waals surface area contributed by atoms with E-state index in [1.54, 1.807) is 24.3 Å². The Morgan fingerprint density at radius 1 is 1.08 bits per heavy atom. The molecule has 2 atom stereocenters. The van der Waals surface area contributed by atoms with Gasteiger partial charge in [0, 0.05) is 7.11 Å². The molecule has 24 heavy (non-hydrogen) atoms. The molecule has 6 nitrogen and oxygen atoms in total. The van der Waals surface area contributed by atoms with Crippen LogP contribution in [-0.4, -0.2) is 19.1 Å². The summed E-state index contributed by atoms with van der Waals surface area (Å²) in [6.45, 7) is 1.68. The molecule has 0 amide bonds. The normalized spacial score (nSPS) is 14.4. The van der Waals surface area contributed by atoms with Crippen LogP contribution in [0, 0.1) is 0 Å². The first-order valence-corrected chi connectivity index (χ1v) is 8.95. The van der Waals surface area contributed by atoms with E-state index < -0.39 is 19.8 Å². The standard InChI is InChI=1S/C17H20NO5P/c1-14(17(19)22-13-15-9-5-3-6-10-15)18-24(20,21-2)23-16-11-7-4-8-12-16/h3-12,14H,13H2,1-2H3,(H,18,20)/t14-,24?/m0/s1. The van der Waals surface area contributed by atoms with Crippen LogP contribution >= 0.6 is 7.75 Å². The second-order valence-electron chi connectivity index (χ2n) is 5.03. The van der Waals surface area contributed by atoms with E-state index in [1.807, 2.05) is 36.4 Å². The van der Waals surface area contributed by atoms with Gasteiger partial charge in [0.05, 0.1) is 0 Å². The van der Waals surface area contributed by atoms with E-state index in [2.05, 4.69) is 5.09 Å². The molecule has 0 fully saturated rings. The molecule has 0 radical (unpaired) electrons. The molecule has 0 aliphatic heterocycles. The Kier molecular flexibility index (Phi) is 6.55. The van der Waals surface area contributed by atoms with Crippen molar-refractivity contribution in [3.8, 4) is 5.75 Å². The maximum Gasteiger partial charge on any atom is 0.459 e. The molecule has 0 aliphatic rings. The number of nitrogens with one attached hydrogen (secondary N) is 1. The van der Waals surface area contributed by atoms with Crippen LogP contribution in [-0.2, 0) is 25.2 Å². The third-order valence-electron chi connectivity index (χ3n) is 3.14. The predicted octanol–water partition coefficient (Wildman–Crippen LogP) is 3.54. The van der Waals surface area contributed by atoms with E-state index in [0.717, 1.165) is 5.56 Å². The van der Waals surface area contributed by atoms with Crippen molar-refractivity contribution in [3.05, 3.63) is 66.2 Å². The molecule has 0 aliphatic carbocycles. The SMILES string of the molecule is COP(=O)(N[C@@H](C)C(=O)OCc1ccccc1)Oc1ccccc1. The number of benzene rings is 2. The lowest BCUT2D eigenvalue weighted by Crippen LogP contribution is -2.34. The molecule has 7 heteroatoms. The summed E-state index contributed by atoms with van der Waals surface area (Å²) < 4.78 is 28.1. The van der Waals surface area contributed by atoms with Gasteiger partial charge in [-0.05, 0) is 24.6 Å². The summed E-state index contributed by atoms with van der Waals surface area (Å²) in [5, 5.41) is 2.56. The van der Waals surface area contributed by atoms with Gasteiger partial charge in [-0.15, -0.1) is 0 Å². The highest BCUT2D eigenvalue weighted by Gasteiger charge is 2.30. The number of rotatable bonds is 8. The summed E-state index contributed by atoms with van der Waals surface area (Å²) in [7, 11) is -2.43. The smallest absolute Gasteiger partial charge is 0.459 e. The Hall–Kier alpha value is -2.14. The van der Waals surface area contributed by atoms with E-state index in [4.69, 9.17) is 13.8 Å². The lowest BCUT2D eigenvalue weighted by molar-refractivity contribution is -0.146.